The van der Waals surface area contributed by atoms with E-state index in [4.69, 9.17) is 0 Å². The molecule has 0 radical (unpaired) electrons. The van der Waals surface area contributed by atoms with Crippen LogP contribution in [-0.4, -0.2) is 25.7 Å². The van der Waals surface area contributed by atoms with Crippen LogP contribution in [-0.2, 0) is 14.8 Å². The molecule has 1 aliphatic rings. The molecule has 1 fully saturated rings. The van der Waals surface area contributed by atoms with Gasteiger partial charge >= 0.3 is 0 Å². The van der Waals surface area contributed by atoms with Crippen molar-refractivity contribution in [3.63, 3.8) is 0 Å². The minimum absolute atomic E-state index is 0.144. The standard InChI is InChI=1S/C15H21NO3S/c1-12-8-10-14(11-9-12)20(18,19)16(2)15(17)13-6-4-3-5-7-13/h8-11,13H,3-7H2,1-2H3. The van der Waals surface area contributed by atoms with Crippen LogP contribution in [0.4, 0.5) is 0 Å². The zero-order valence-electron chi connectivity index (χ0n) is 12.0. The van der Waals surface area contributed by atoms with Crippen LogP contribution < -0.4 is 0 Å². The maximum absolute atomic E-state index is 12.4. The van der Waals surface area contributed by atoms with Crippen LogP contribution in [0, 0.1) is 12.8 Å². The van der Waals surface area contributed by atoms with Crippen LogP contribution in [0.1, 0.15) is 37.7 Å². The number of amides is 1. The first-order valence-corrected chi connectivity index (χ1v) is 8.46. The van der Waals surface area contributed by atoms with E-state index in [1.165, 1.54) is 7.05 Å². The van der Waals surface area contributed by atoms with Crippen LogP contribution in [0.2, 0.25) is 0 Å². The fourth-order valence-electron chi connectivity index (χ4n) is 2.59. The molecule has 0 heterocycles. The number of carbonyl (C=O) groups excluding carboxylic acids is 1. The largest absolute Gasteiger partial charge is 0.273 e. The molecule has 1 aromatic rings. The van der Waals surface area contributed by atoms with E-state index in [1.807, 2.05) is 6.92 Å². The summed E-state index contributed by atoms with van der Waals surface area (Å²) in [4.78, 5) is 12.5. The van der Waals surface area contributed by atoms with Gasteiger partial charge in [-0.2, -0.15) is 0 Å². The van der Waals surface area contributed by atoms with E-state index in [2.05, 4.69) is 0 Å². The summed E-state index contributed by atoms with van der Waals surface area (Å²) in [5.74, 6) is -0.417. The van der Waals surface area contributed by atoms with Crippen LogP contribution in [0.3, 0.4) is 0 Å². The van der Waals surface area contributed by atoms with Gasteiger partial charge in [0.15, 0.2) is 0 Å². The third-order valence-corrected chi connectivity index (χ3v) is 5.71. The number of hydrogen-bond acceptors (Lipinski definition) is 3. The average molecular weight is 295 g/mol. The number of nitrogens with zero attached hydrogens (tertiary/aromatic N) is 1. The summed E-state index contributed by atoms with van der Waals surface area (Å²) >= 11 is 0. The molecular formula is C15H21NO3S. The fourth-order valence-corrected chi connectivity index (χ4v) is 3.78. The minimum atomic E-state index is -3.72. The van der Waals surface area contributed by atoms with Gasteiger partial charge < -0.3 is 0 Å². The summed E-state index contributed by atoms with van der Waals surface area (Å²) in [7, 11) is -2.35. The van der Waals surface area contributed by atoms with Crippen molar-refractivity contribution in [2.45, 2.75) is 43.9 Å². The van der Waals surface area contributed by atoms with E-state index in [9.17, 15) is 13.2 Å². The van der Waals surface area contributed by atoms with Crippen molar-refractivity contribution >= 4 is 15.9 Å². The van der Waals surface area contributed by atoms with E-state index >= 15 is 0 Å². The Bertz CT molecular complexity index is 572. The second-order valence-electron chi connectivity index (χ2n) is 5.46. The highest BCUT2D eigenvalue weighted by Crippen LogP contribution is 2.27. The third kappa shape index (κ3) is 3.03. The van der Waals surface area contributed by atoms with Gasteiger partial charge in [0.05, 0.1) is 4.90 Å². The normalized spacial score (nSPS) is 16.9. The van der Waals surface area contributed by atoms with Gasteiger partial charge in [0, 0.05) is 13.0 Å². The van der Waals surface area contributed by atoms with Gasteiger partial charge in [-0.25, -0.2) is 12.7 Å². The van der Waals surface area contributed by atoms with Gasteiger partial charge in [-0.05, 0) is 31.9 Å². The molecule has 5 heteroatoms. The van der Waals surface area contributed by atoms with E-state index in [1.54, 1.807) is 24.3 Å². The second kappa shape index (κ2) is 5.95. The van der Waals surface area contributed by atoms with Gasteiger partial charge in [0.2, 0.25) is 5.91 Å². The summed E-state index contributed by atoms with van der Waals surface area (Å²) in [5, 5.41) is 0. The molecule has 0 unspecified atom stereocenters. The molecule has 0 saturated heterocycles. The molecule has 110 valence electrons. The number of benzene rings is 1. The zero-order valence-corrected chi connectivity index (χ0v) is 12.8. The smallest absolute Gasteiger partial charge is 0.266 e. The molecule has 2 rings (SSSR count). The maximum Gasteiger partial charge on any atom is 0.266 e. The molecule has 0 spiro atoms. The van der Waals surface area contributed by atoms with Crippen molar-refractivity contribution < 1.29 is 13.2 Å². The Balaban J connectivity index is 2.20. The Morgan fingerprint density at radius 2 is 1.65 bits per heavy atom. The van der Waals surface area contributed by atoms with Crippen molar-refractivity contribution in [2.75, 3.05) is 7.05 Å². The first kappa shape index (κ1) is 15.0. The number of sulfonamides is 1. The van der Waals surface area contributed by atoms with E-state index in [0.717, 1.165) is 42.0 Å². The Kier molecular flexibility index (Phi) is 4.48. The Morgan fingerprint density at radius 1 is 1.10 bits per heavy atom. The first-order valence-electron chi connectivity index (χ1n) is 7.02. The van der Waals surface area contributed by atoms with Crippen LogP contribution in [0.5, 0.6) is 0 Å². The summed E-state index contributed by atoms with van der Waals surface area (Å²) in [6, 6.07) is 6.59. The quantitative estimate of drug-likeness (QED) is 0.861. The van der Waals surface area contributed by atoms with Gasteiger partial charge in [-0.3, -0.25) is 4.79 Å². The first-order chi connectivity index (χ1) is 9.43. The van der Waals surface area contributed by atoms with Gasteiger partial charge in [-0.15, -0.1) is 0 Å². The van der Waals surface area contributed by atoms with Crippen LogP contribution in [0.25, 0.3) is 0 Å². The van der Waals surface area contributed by atoms with Crippen LogP contribution in [0.15, 0.2) is 29.2 Å². The Morgan fingerprint density at radius 3 is 2.20 bits per heavy atom. The number of hydrogen-bond donors (Lipinski definition) is 0. The fraction of sp³-hybridized carbons (Fsp3) is 0.533. The lowest BCUT2D eigenvalue weighted by atomic mass is 9.89. The third-order valence-electron chi connectivity index (χ3n) is 3.94. The molecule has 1 saturated carbocycles. The van der Waals surface area contributed by atoms with E-state index < -0.39 is 10.0 Å². The van der Waals surface area contributed by atoms with E-state index in [-0.39, 0.29) is 16.7 Å². The Labute approximate surface area is 120 Å². The molecule has 1 aromatic carbocycles. The predicted molar refractivity (Wildman–Crippen MR) is 77.7 cm³/mol. The molecule has 0 bridgehead atoms. The molecular weight excluding hydrogens is 274 g/mol. The molecule has 0 aliphatic heterocycles. The highest BCUT2D eigenvalue weighted by atomic mass is 32.2. The number of aryl methyl sites for hydroxylation is 1. The van der Waals surface area contributed by atoms with Crippen molar-refractivity contribution in [1.82, 2.24) is 4.31 Å². The minimum Gasteiger partial charge on any atom is -0.273 e. The molecule has 20 heavy (non-hydrogen) atoms. The number of rotatable bonds is 3. The number of carbonyl (C=O) groups is 1. The SMILES string of the molecule is Cc1ccc(S(=O)(=O)N(C)C(=O)C2CCCCC2)cc1. The summed E-state index contributed by atoms with van der Waals surface area (Å²) in [5.41, 5.74) is 0.991. The highest BCUT2D eigenvalue weighted by Gasteiger charge is 2.31. The van der Waals surface area contributed by atoms with E-state index in [0.29, 0.717) is 0 Å². The van der Waals surface area contributed by atoms with Crippen molar-refractivity contribution in [1.29, 1.82) is 0 Å². The second-order valence-corrected chi connectivity index (χ2v) is 7.43. The monoisotopic (exact) mass is 295 g/mol. The maximum atomic E-state index is 12.4. The molecule has 1 aliphatic carbocycles. The zero-order chi connectivity index (χ0) is 14.8. The summed E-state index contributed by atoms with van der Waals surface area (Å²) in [6.45, 7) is 1.90. The molecule has 0 atom stereocenters. The molecule has 0 N–H and O–H groups in total. The van der Waals surface area contributed by atoms with Crippen LogP contribution >= 0.6 is 0 Å². The highest BCUT2D eigenvalue weighted by molar-refractivity contribution is 7.89. The molecule has 0 aromatic heterocycles. The van der Waals surface area contributed by atoms with Crippen molar-refractivity contribution in [3.8, 4) is 0 Å². The summed E-state index contributed by atoms with van der Waals surface area (Å²) in [6.07, 6.45) is 4.75. The summed E-state index contributed by atoms with van der Waals surface area (Å²) < 4.78 is 25.8. The lowest BCUT2D eigenvalue weighted by Crippen LogP contribution is -2.38. The van der Waals surface area contributed by atoms with Gasteiger partial charge in [0.25, 0.3) is 10.0 Å². The Hall–Kier alpha value is -1.36. The lowest BCUT2D eigenvalue weighted by molar-refractivity contribution is -0.130. The topological polar surface area (TPSA) is 54.5 Å². The molecule has 4 nitrogen and oxygen atoms in total. The van der Waals surface area contributed by atoms with Crippen molar-refractivity contribution in [2.24, 2.45) is 5.92 Å². The molecule has 1 amide bonds. The predicted octanol–water partition coefficient (Wildman–Crippen LogP) is 2.72. The van der Waals surface area contributed by atoms with Gasteiger partial charge in [-0.1, -0.05) is 37.0 Å². The van der Waals surface area contributed by atoms with Crippen molar-refractivity contribution in [3.05, 3.63) is 29.8 Å². The lowest BCUT2D eigenvalue weighted by Gasteiger charge is -2.26. The van der Waals surface area contributed by atoms with Gasteiger partial charge in [0.1, 0.15) is 0 Å². The average Bonchev–Trinajstić information content (AvgIpc) is 2.47.